The first kappa shape index (κ1) is 16.9. The molecule has 1 aromatic carbocycles. The number of nitrogens with zero attached hydrogens (tertiary/aromatic N) is 3. The lowest BCUT2D eigenvalue weighted by Gasteiger charge is -2.28. The number of nitrogens with one attached hydrogen (secondary N) is 1. The van der Waals surface area contributed by atoms with Crippen LogP contribution >= 0.6 is 11.3 Å². The fourth-order valence-corrected chi connectivity index (χ4v) is 3.19. The molecule has 1 aromatic heterocycles. The summed E-state index contributed by atoms with van der Waals surface area (Å²) in [5, 5.41) is 12.5. The number of morpholine rings is 1. The Morgan fingerprint density at radius 1 is 1.17 bits per heavy atom. The Kier molecular flexibility index (Phi) is 4.82. The summed E-state index contributed by atoms with van der Waals surface area (Å²) in [6.45, 7) is 9.47. The monoisotopic (exact) mass is 346 g/mol. The van der Waals surface area contributed by atoms with E-state index in [0.29, 0.717) is 10.7 Å². The van der Waals surface area contributed by atoms with Gasteiger partial charge in [-0.25, -0.2) is 0 Å². The lowest BCUT2D eigenvalue weighted by atomic mass is 9.98. The number of carbonyl (C=O) groups excluding carboxylic acids is 1. The summed E-state index contributed by atoms with van der Waals surface area (Å²) < 4.78 is 5.36. The molecule has 1 N–H and O–H groups in total. The van der Waals surface area contributed by atoms with Gasteiger partial charge < -0.3 is 9.64 Å². The van der Waals surface area contributed by atoms with Gasteiger partial charge in [0.1, 0.15) is 5.01 Å². The SMILES string of the molecule is CC(C)(C)c1nnc(NC(=O)c2ccc(N3CCOCC3)cc2)s1. The minimum absolute atomic E-state index is 0.0690. The predicted octanol–water partition coefficient (Wildman–Crippen LogP) is 2.92. The summed E-state index contributed by atoms with van der Waals surface area (Å²) in [4.78, 5) is 14.6. The average molecular weight is 346 g/mol. The lowest BCUT2D eigenvalue weighted by Crippen LogP contribution is -2.36. The van der Waals surface area contributed by atoms with E-state index in [1.807, 2.05) is 24.3 Å². The Hall–Kier alpha value is -1.99. The highest BCUT2D eigenvalue weighted by Crippen LogP contribution is 2.28. The van der Waals surface area contributed by atoms with Crippen LogP contribution in [0.25, 0.3) is 0 Å². The number of ether oxygens (including phenoxy) is 1. The molecule has 0 unspecified atom stereocenters. The molecule has 1 saturated heterocycles. The van der Waals surface area contributed by atoms with Gasteiger partial charge in [-0.15, -0.1) is 10.2 Å². The van der Waals surface area contributed by atoms with Crippen molar-refractivity contribution in [2.24, 2.45) is 0 Å². The van der Waals surface area contributed by atoms with E-state index >= 15 is 0 Å². The first-order valence-corrected chi connectivity index (χ1v) is 8.83. The number of hydrogen-bond acceptors (Lipinski definition) is 6. The molecule has 2 aromatic rings. The van der Waals surface area contributed by atoms with Gasteiger partial charge in [0.15, 0.2) is 0 Å². The molecule has 128 valence electrons. The van der Waals surface area contributed by atoms with Gasteiger partial charge in [0.2, 0.25) is 5.13 Å². The molecule has 7 heteroatoms. The summed E-state index contributed by atoms with van der Waals surface area (Å²) in [6, 6.07) is 7.62. The molecule has 1 fully saturated rings. The fraction of sp³-hybridized carbons (Fsp3) is 0.471. The smallest absolute Gasteiger partial charge is 0.257 e. The maximum absolute atomic E-state index is 12.4. The highest BCUT2D eigenvalue weighted by Gasteiger charge is 2.20. The number of rotatable bonds is 3. The molecule has 0 atom stereocenters. The van der Waals surface area contributed by atoms with Crippen molar-refractivity contribution in [2.45, 2.75) is 26.2 Å². The van der Waals surface area contributed by atoms with Crippen molar-refractivity contribution in [3.8, 4) is 0 Å². The van der Waals surface area contributed by atoms with Gasteiger partial charge >= 0.3 is 0 Å². The molecule has 0 saturated carbocycles. The molecule has 1 aliphatic rings. The van der Waals surface area contributed by atoms with E-state index in [2.05, 4.69) is 41.2 Å². The van der Waals surface area contributed by atoms with Crippen LogP contribution < -0.4 is 10.2 Å². The van der Waals surface area contributed by atoms with Crippen molar-refractivity contribution in [3.63, 3.8) is 0 Å². The second-order valence-corrected chi connectivity index (χ2v) is 7.74. The van der Waals surface area contributed by atoms with Crippen molar-refractivity contribution in [1.82, 2.24) is 10.2 Å². The predicted molar refractivity (Wildman–Crippen MR) is 96.0 cm³/mol. The van der Waals surface area contributed by atoms with Gasteiger partial charge in [0.05, 0.1) is 13.2 Å². The molecule has 0 aliphatic carbocycles. The third kappa shape index (κ3) is 3.91. The first-order valence-electron chi connectivity index (χ1n) is 8.01. The van der Waals surface area contributed by atoms with Crippen molar-refractivity contribution in [2.75, 3.05) is 36.5 Å². The third-order valence-corrected chi connectivity index (χ3v) is 5.06. The molecular weight excluding hydrogens is 324 g/mol. The zero-order valence-electron chi connectivity index (χ0n) is 14.2. The first-order chi connectivity index (χ1) is 11.4. The molecule has 1 amide bonds. The topological polar surface area (TPSA) is 67.4 Å². The van der Waals surface area contributed by atoms with Crippen LogP contribution in [-0.4, -0.2) is 42.4 Å². The van der Waals surface area contributed by atoms with Crippen LogP contribution in [0.2, 0.25) is 0 Å². The lowest BCUT2D eigenvalue weighted by molar-refractivity contribution is 0.102. The van der Waals surface area contributed by atoms with Crippen molar-refractivity contribution in [3.05, 3.63) is 34.8 Å². The quantitative estimate of drug-likeness (QED) is 0.925. The van der Waals surface area contributed by atoms with Crippen molar-refractivity contribution < 1.29 is 9.53 Å². The minimum Gasteiger partial charge on any atom is -0.378 e. The van der Waals surface area contributed by atoms with Crippen LogP contribution in [0.15, 0.2) is 24.3 Å². The maximum Gasteiger partial charge on any atom is 0.257 e. The van der Waals surface area contributed by atoms with Crippen LogP contribution in [0.4, 0.5) is 10.8 Å². The second-order valence-electron chi connectivity index (χ2n) is 6.76. The van der Waals surface area contributed by atoms with Gasteiger partial charge in [-0.3, -0.25) is 10.1 Å². The minimum atomic E-state index is -0.167. The third-order valence-electron chi connectivity index (χ3n) is 3.79. The Balaban J connectivity index is 1.65. The molecular formula is C17H22N4O2S. The molecule has 0 bridgehead atoms. The van der Waals surface area contributed by atoms with Gasteiger partial charge in [-0.2, -0.15) is 0 Å². The van der Waals surface area contributed by atoms with Crippen LogP contribution in [0.5, 0.6) is 0 Å². The zero-order chi connectivity index (χ0) is 17.2. The maximum atomic E-state index is 12.4. The molecule has 6 nitrogen and oxygen atoms in total. The number of aromatic nitrogens is 2. The number of carbonyl (C=O) groups is 1. The molecule has 2 heterocycles. The van der Waals surface area contributed by atoms with E-state index in [4.69, 9.17) is 4.74 Å². The van der Waals surface area contributed by atoms with Crippen LogP contribution in [0.3, 0.4) is 0 Å². The van der Waals surface area contributed by atoms with Gasteiger partial charge in [-0.1, -0.05) is 32.1 Å². The van der Waals surface area contributed by atoms with E-state index in [1.165, 1.54) is 11.3 Å². The highest BCUT2D eigenvalue weighted by molar-refractivity contribution is 7.15. The second kappa shape index (κ2) is 6.86. The average Bonchev–Trinajstić information content (AvgIpc) is 3.05. The molecule has 3 rings (SSSR count). The molecule has 0 radical (unpaired) electrons. The normalized spacial score (nSPS) is 15.4. The molecule has 0 spiro atoms. The van der Waals surface area contributed by atoms with Crippen LogP contribution in [0, 0.1) is 0 Å². The van der Waals surface area contributed by atoms with E-state index in [0.717, 1.165) is 37.0 Å². The van der Waals surface area contributed by atoms with Gasteiger partial charge in [0.25, 0.3) is 5.91 Å². The Labute approximate surface area is 145 Å². The van der Waals surface area contributed by atoms with E-state index < -0.39 is 0 Å². The summed E-state index contributed by atoms with van der Waals surface area (Å²) in [7, 11) is 0. The standard InChI is InChI=1S/C17H22N4O2S/c1-17(2,3)15-19-20-16(24-15)18-14(22)12-4-6-13(7-5-12)21-8-10-23-11-9-21/h4-7H,8-11H2,1-3H3,(H,18,20,22). The number of hydrogen-bond donors (Lipinski definition) is 1. The van der Waals surface area contributed by atoms with E-state index in [9.17, 15) is 4.79 Å². The van der Waals surface area contributed by atoms with Crippen LogP contribution in [0.1, 0.15) is 36.1 Å². The number of anilines is 2. The van der Waals surface area contributed by atoms with Gasteiger partial charge in [0, 0.05) is 29.8 Å². The Morgan fingerprint density at radius 3 is 2.42 bits per heavy atom. The largest absolute Gasteiger partial charge is 0.378 e. The summed E-state index contributed by atoms with van der Waals surface area (Å²) in [6.07, 6.45) is 0. The van der Waals surface area contributed by atoms with Crippen molar-refractivity contribution >= 4 is 28.1 Å². The van der Waals surface area contributed by atoms with Crippen molar-refractivity contribution in [1.29, 1.82) is 0 Å². The highest BCUT2D eigenvalue weighted by atomic mass is 32.1. The molecule has 24 heavy (non-hydrogen) atoms. The fourth-order valence-electron chi connectivity index (χ4n) is 2.39. The summed E-state index contributed by atoms with van der Waals surface area (Å²) in [5.41, 5.74) is 1.65. The summed E-state index contributed by atoms with van der Waals surface area (Å²) in [5.74, 6) is -0.167. The van der Waals surface area contributed by atoms with E-state index in [-0.39, 0.29) is 11.3 Å². The zero-order valence-corrected chi connectivity index (χ0v) is 15.0. The summed E-state index contributed by atoms with van der Waals surface area (Å²) >= 11 is 1.41. The van der Waals surface area contributed by atoms with Crippen LogP contribution in [-0.2, 0) is 10.2 Å². The Bertz CT molecular complexity index is 700. The molecule has 1 aliphatic heterocycles. The Morgan fingerprint density at radius 2 is 1.83 bits per heavy atom. The number of amides is 1. The number of benzene rings is 1. The van der Waals surface area contributed by atoms with Gasteiger partial charge in [-0.05, 0) is 24.3 Å². The van der Waals surface area contributed by atoms with E-state index in [1.54, 1.807) is 0 Å².